The van der Waals surface area contributed by atoms with Gasteiger partial charge < -0.3 is 14.6 Å². The molecule has 0 aromatic carbocycles. The molecule has 2 heterocycles. The van der Waals surface area contributed by atoms with Gasteiger partial charge in [0.25, 0.3) is 0 Å². The van der Waals surface area contributed by atoms with E-state index in [-0.39, 0.29) is 0 Å². The minimum Gasteiger partial charge on any atom is -0.379 e. The molecule has 0 radical (unpaired) electrons. The molecule has 1 aromatic heterocycles. The zero-order valence-electron chi connectivity index (χ0n) is 11.0. The molecular weight excluding hydrogens is 226 g/mol. The Morgan fingerprint density at radius 3 is 2.83 bits per heavy atom. The monoisotopic (exact) mass is 249 g/mol. The summed E-state index contributed by atoms with van der Waals surface area (Å²) < 4.78 is 7.86. The summed E-state index contributed by atoms with van der Waals surface area (Å²) >= 11 is 0. The second-order valence-electron chi connectivity index (χ2n) is 5.51. The Hall–Kier alpha value is -1.03. The van der Waals surface area contributed by atoms with Crippen LogP contribution in [0.5, 0.6) is 0 Å². The molecule has 100 valence electrons. The largest absolute Gasteiger partial charge is 0.379 e. The number of rotatable bonds is 3. The molecule has 0 amide bonds. The van der Waals surface area contributed by atoms with Crippen LogP contribution in [0.1, 0.15) is 51.0 Å². The number of nitrogens with one attached hydrogen (secondary N) is 1. The molecule has 1 aliphatic carbocycles. The lowest BCUT2D eigenvalue weighted by atomic mass is 9.95. The average Bonchev–Trinajstić information content (AvgIpc) is 2.89. The van der Waals surface area contributed by atoms with Crippen LogP contribution in [0, 0.1) is 0 Å². The number of hydrogen-bond acceptors (Lipinski definition) is 3. The first-order valence-electron chi connectivity index (χ1n) is 7.30. The molecule has 0 bridgehead atoms. The first-order chi connectivity index (χ1) is 8.93. The standard InChI is InChI=1S/C14H23N3O/c1-2-6-13(7-3-1)17-9-8-15-14(17)16-12-5-4-10-18-11-12/h8-9,12-13H,1-7,10-11H2,(H,15,16). The van der Waals surface area contributed by atoms with Gasteiger partial charge in [0.15, 0.2) is 0 Å². The highest BCUT2D eigenvalue weighted by Gasteiger charge is 2.20. The fourth-order valence-electron chi connectivity index (χ4n) is 3.12. The number of ether oxygens (including phenoxy) is 1. The minimum absolute atomic E-state index is 0.434. The summed E-state index contributed by atoms with van der Waals surface area (Å²) in [5, 5.41) is 3.55. The van der Waals surface area contributed by atoms with E-state index in [0.717, 1.165) is 25.6 Å². The number of hydrogen-bond donors (Lipinski definition) is 1. The maximum absolute atomic E-state index is 5.52. The lowest BCUT2D eigenvalue weighted by Gasteiger charge is -2.28. The highest BCUT2D eigenvalue weighted by molar-refractivity contribution is 5.28. The summed E-state index contributed by atoms with van der Waals surface area (Å²) in [6.07, 6.45) is 13.1. The fourth-order valence-corrected chi connectivity index (χ4v) is 3.12. The van der Waals surface area contributed by atoms with Crippen molar-refractivity contribution in [3.8, 4) is 0 Å². The first kappa shape index (κ1) is 12.0. The van der Waals surface area contributed by atoms with Crippen LogP contribution in [0.25, 0.3) is 0 Å². The Labute approximate surface area is 109 Å². The molecule has 1 unspecified atom stereocenters. The summed E-state index contributed by atoms with van der Waals surface area (Å²) in [7, 11) is 0. The van der Waals surface area contributed by atoms with Crippen LogP contribution in [0.4, 0.5) is 5.95 Å². The Bertz CT molecular complexity index is 365. The second kappa shape index (κ2) is 5.74. The van der Waals surface area contributed by atoms with Crippen LogP contribution in [0.2, 0.25) is 0 Å². The molecule has 18 heavy (non-hydrogen) atoms. The third-order valence-corrected chi connectivity index (χ3v) is 4.13. The number of nitrogens with zero attached hydrogens (tertiary/aromatic N) is 2. The van der Waals surface area contributed by atoms with Gasteiger partial charge in [-0.1, -0.05) is 19.3 Å². The summed E-state index contributed by atoms with van der Waals surface area (Å²) in [5.74, 6) is 1.04. The zero-order valence-corrected chi connectivity index (χ0v) is 11.0. The lowest BCUT2D eigenvalue weighted by Crippen LogP contribution is -2.31. The lowest BCUT2D eigenvalue weighted by molar-refractivity contribution is 0.0872. The Balaban J connectivity index is 1.66. The Morgan fingerprint density at radius 1 is 1.17 bits per heavy atom. The van der Waals surface area contributed by atoms with Crippen molar-refractivity contribution in [3.05, 3.63) is 12.4 Å². The Morgan fingerprint density at radius 2 is 2.06 bits per heavy atom. The molecule has 1 atom stereocenters. The normalized spacial score (nSPS) is 26.1. The van der Waals surface area contributed by atoms with Gasteiger partial charge in [0.2, 0.25) is 5.95 Å². The van der Waals surface area contributed by atoms with Crippen LogP contribution in [0.3, 0.4) is 0 Å². The van der Waals surface area contributed by atoms with Gasteiger partial charge in [0.05, 0.1) is 12.6 Å². The summed E-state index contributed by atoms with van der Waals surface area (Å²) in [6.45, 7) is 1.73. The van der Waals surface area contributed by atoms with Crippen molar-refractivity contribution < 1.29 is 4.74 Å². The number of aromatic nitrogens is 2. The van der Waals surface area contributed by atoms with Crippen LogP contribution >= 0.6 is 0 Å². The van der Waals surface area contributed by atoms with Crippen LogP contribution in [0.15, 0.2) is 12.4 Å². The van der Waals surface area contributed by atoms with Gasteiger partial charge in [-0.25, -0.2) is 4.98 Å². The molecule has 0 spiro atoms. The van der Waals surface area contributed by atoms with Crippen molar-refractivity contribution in [1.82, 2.24) is 9.55 Å². The van der Waals surface area contributed by atoms with Gasteiger partial charge in [-0.3, -0.25) is 0 Å². The van der Waals surface area contributed by atoms with Crippen molar-refractivity contribution in [1.29, 1.82) is 0 Å². The van der Waals surface area contributed by atoms with Crippen molar-refractivity contribution in [2.24, 2.45) is 0 Å². The van der Waals surface area contributed by atoms with Crippen molar-refractivity contribution in [2.45, 2.75) is 57.0 Å². The van der Waals surface area contributed by atoms with E-state index in [9.17, 15) is 0 Å². The highest BCUT2D eigenvalue weighted by Crippen LogP contribution is 2.30. The van der Waals surface area contributed by atoms with E-state index in [2.05, 4.69) is 21.1 Å². The van der Waals surface area contributed by atoms with Crippen LogP contribution < -0.4 is 5.32 Å². The first-order valence-corrected chi connectivity index (χ1v) is 7.30. The molecule has 4 heteroatoms. The zero-order chi connectivity index (χ0) is 12.2. The summed E-state index contributed by atoms with van der Waals surface area (Å²) in [5.41, 5.74) is 0. The third kappa shape index (κ3) is 2.69. The molecule has 1 N–H and O–H groups in total. The van der Waals surface area contributed by atoms with Gasteiger partial charge in [0.1, 0.15) is 0 Å². The van der Waals surface area contributed by atoms with E-state index in [4.69, 9.17) is 4.74 Å². The molecule has 4 nitrogen and oxygen atoms in total. The van der Waals surface area contributed by atoms with Gasteiger partial charge in [-0.2, -0.15) is 0 Å². The molecule has 2 aliphatic rings. The maximum atomic E-state index is 5.52. The molecule has 1 aromatic rings. The Kier molecular flexibility index (Phi) is 3.84. The fraction of sp³-hybridized carbons (Fsp3) is 0.786. The third-order valence-electron chi connectivity index (χ3n) is 4.13. The van der Waals surface area contributed by atoms with Crippen molar-refractivity contribution in [3.63, 3.8) is 0 Å². The summed E-state index contributed by atoms with van der Waals surface area (Å²) in [4.78, 5) is 4.48. The topological polar surface area (TPSA) is 39.1 Å². The van der Waals surface area contributed by atoms with Gasteiger partial charge in [0, 0.05) is 25.0 Å². The minimum atomic E-state index is 0.434. The molecule has 1 saturated carbocycles. The molecular formula is C14H23N3O. The quantitative estimate of drug-likeness (QED) is 0.895. The van der Waals surface area contributed by atoms with Gasteiger partial charge in [-0.15, -0.1) is 0 Å². The second-order valence-corrected chi connectivity index (χ2v) is 5.51. The van der Waals surface area contributed by atoms with E-state index in [0.29, 0.717) is 12.1 Å². The molecule has 1 saturated heterocycles. The predicted octanol–water partition coefficient (Wildman–Crippen LogP) is 2.98. The summed E-state index contributed by atoms with van der Waals surface area (Å²) in [6, 6.07) is 1.08. The predicted molar refractivity (Wildman–Crippen MR) is 71.8 cm³/mol. The SMILES string of the molecule is c1cn(C2CCCCC2)c(NC2CCCOC2)n1. The highest BCUT2D eigenvalue weighted by atomic mass is 16.5. The van der Waals surface area contributed by atoms with E-state index >= 15 is 0 Å². The van der Waals surface area contributed by atoms with E-state index in [1.165, 1.54) is 38.5 Å². The smallest absolute Gasteiger partial charge is 0.203 e. The van der Waals surface area contributed by atoms with Crippen LogP contribution in [-0.4, -0.2) is 28.8 Å². The molecule has 2 fully saturated rings. The maximum Gasteiger partial charge on any atom is 0.203 e. The van der Waals surface area contributed by atoms with E-state index in [1.54, 1.807) is 0 Å². The molecule has 1 aliphatic heterocycles. The van der Waals surface area contributed by atoms with Crippen molar-refractivity contribution in [2.75, 3.05) is 18.5 Å². The average molecular weight is 249 g/mol. The number of anilines is 1. The van der Waals surface area contributed by atoms with Gasteiger partial charge >= 0.3 is 0 Å². The molecule has 3 rings (SSSR count). The number of imidazole rings is 1. The van der Waals surface area contributed by atoms with E-state index in [1.807, 2.05) is 6.20 Å². The van der Waals surface area contributed by atoms with E-state index < -0.39 is 0 Å². The van der Waals surface area contributed by atoms with Gasteiger partial charge in [-0.05, 0) is 25.7 Å². The van der Waals surface area contributed by atoms with Crippen molar-refractivity contribution >= 4 is 5.95 Å². The van der Waals surface area contributed by atoms with Crippen LogP contribution in [-0.2, 0) is 4.74 Å².